The molecule has 4 rings (SSSR count). The Hall–Kier alpha value is -2.67. The lowest BCUT2D eigenvalue weighted by Gasteiger charge is -2.14. The molecule has 0 spiro atoms. The van der Waals surface area contributed by atoms with E-state index in [4.69, 9.17) is 32.7 Å². The molecule has 0 aliphatic carbocycles. The first-order valence-corrected chi connectivity index (χ1v) is 11.6. The average molecular weight is 486 g/mol. The molecule has 0 N–H and O–H groups in total. The van der Waals surface area contributed by atoms with Crippen LogP contribution in [0.3, 0.4) is 0 Å². The second-order valence-electron chi connectivity index (χ2n) is 7.05. The normalized spacial score (nSPS) is 10.9. The Bertz CT molecular complexity index is 1240. The van der Waals surface area contributed by atoms with Gasteiger partial charge in [0.25, 0.3) is 0 Å². The molecule has 0 saturated carbocycles. The van der Waals surface area contributed by atoms with Gasteiger partial charge in [-0.25, -0.2) is 0 Å². The van der Waals surface area contributed by atoms with Crippen molar-refractivity contribution in [2.45, 2.75) is 17.8 Å². The standard InChI is InChI=1S/C24H21Cl2N3O2S/c1-15-6-4-5-7-22(15)29-23(17-10-19(30-2)13-20(11-17)31-3)27-28-24(29)32-14-16-8-9-18(25)12-21(16)26/h4-13H,14H2,1-3H3. The predicted octanol–water partition coefficient (Wildman–Crippen LogP) is 6.86. The highest BCUT2D eigenvalue weighted by atomic mass is 35.5. The minimum absolute atomic E-state index is 0.612. The Labute approximate surface area is 201 Å². The Morgan fingerprint density at radius 1 is 0.906 bits per heavy atom. The SMILES string of the molecule is COc1cc(OC)cc(-c2nnc(SCc3ccc(Cl)cc3Cl)n2-c2ccccc2C)c1. The van der Waals surface area contributed by atoms with Crippen LogP contribution in [0, 0.1) is 6.92 Å². The van der Waals surface area contributed by atoms with Crippen LogP contribution in [0.1, 0.15) is 11.1 Å². The van der Waals surface area contributed by atoms with Crippen LogP contribution in [0.15, 0.2) is 65.8 Å². The number of thioether (sulfide) groups is 1. The molecule has 0 radical (unpaired) electrons. The first-order valence-electron chi connectivity index (χ1n) is 9.81. The summed E-state index contributed by atoms with van der Waals surface area (Å²) in [6.07, 6.45) is 0. The molecule has 0 fully saturated rings. The molecule has 3 aromatic carbocycles. The van der Waals surface area contributed by atoms with Crippen molar-refractivity contribution >= 4 is 35.0 Å². The van der Waals surface area contributed by atoms with E-state index in [1.165, 1.54) is 0 Å². The number of nitrogens with zero attached hydrogens (tertiary/aromatic N) is 3. The lowest BCUT2D eigenvalue weighted by Crippen LogP contribution is -2.02. The van der Waals surface area contributed by atoms with Crippen LogP contribution < -0.4 is 9.47 Å². The maximum atomic E-state index is 6.38. The van der Waals surface area contributed by atoms with Crippen LogP contribution in [-0.4, -0.2) is 29.0 Å². The van der Waals surface area contributed by atoms with Crippen LogP contribution in [0.5, 0.6) is 11.5 Å². The highest BCUT2D eigenvalue weighted by molar-refractivity contribution is 7.98. The van der Waals surface area contributed by atoms with Crippen molar-refractivity contribution in [3.63, 3.8) is 0 Å². The fourth-order valence-electron chi connectivity index (χ4n) is 3.30. The first-order chi connectivity index (χ1) is 15.5. The molecule has 1 aromatic heterocycles. The van der Waals surface area contributed by atoms with E-state index in [1.54, 1.807) is 32.0 Å². The molecule has 164 valence electrons. The molecule has 32 heavy (non-hydrogen) atoms. The number of rotatable bonds is 7. The van der Waals surface area contributed by atoms with E-state index < -0.39 is 0 Å². The van der Waals surface area contributed by atoms with Gasteiger partial charge in [-0.1, -0.05) is 59.2 Å². The van der Waals surface area contributed by atoms with Gasteiger partial charge >= 0.3 is 0 Å². The van der Waals surface area contributed by atoms with Crippen molar-refractivity contribution in [1.29, 1.82) is 0 Å². The summed E-state index contributed by atoms with van der Waals surface area (Å²) >= 11 is 14.0. The summed E-state index contributed by atoms with van der Waals surface area (Å²) in [7, 11) is 3.25. The monoisotopic (exact) mass is 485 g/mol. The fraction of sp³-hybridized carbons (Fsp3) is 0.167. The van der Waals surface area contributed by atoms with Gasteiger partial charge < -0.3 is 9.47 Å². The summed E-state index contributed by atoms with van der Waals surface area (Å²) < 4.78 is 13.0. The second-order valence-corrected chi connectivity index (χ2v) is 8.84. The molecule has 0 aliphatic heterocycles. The molecule has 0 amide bonds. The van der Waals surface area contributed by atoms with Crippen LogP contribution >= 0.6 is 35.0 Å². The molecule has 1 heterocycles. The molecule has 4 aromatic rings. The van der Waals surface area contributed by atoms with Crippen molar-refractivity contribution in [2.24, 2.45) is 0 Å². The summed E-state index contributed by atoms with van der Waals surface area (Å²) in [4.78, 5) is 0. The van der Waals surface area contributed by atoms with Crippen molar-refractivity contribution in [2.75, 3.05) is 14.2 Å². The predicted molar refractivity (Wildman–Crippen MR) is 131 cm³/mol. The number of hydrogen-bond acceptors (Lipinski definition) is 5. The van der Waals surface area contributed by atoms with E-state index >= 15 is 0 Å². The number of ether oxygens (including phenoxy) is 2. The summed E-state index contributed by atoms with van der Waals surface area (Å²) in [5, 5.41) is 11.0. The van der Waals surface area contributed by atoms with E-state index in [2.05, 4.69) is 33.8 Å². The minimum atomic E-state index is 0.612. The summed E-state index contributed by atoms with van der Waals surface area (Å²) in [6, 6.07) is 19.3. The van der Waals surface area contributed by atoms with Gasteiger partial charge in [-0.15, -0.1) is 10.2 Å². The van der Waals surface area contributed by atoms with Crippen molar-refractivity contribution < 1.29 is 9.47 Å². The largest absolute Gasteiger partial charge is 0.497 e. The first kappa shape index (κ1) is 22.5. The number of aryl methyl sites for hydroxylation is 1. The van der Waals surface area contributed by atoms with E-state index in [9.17, 15) is 0 Å². The van der Waals surface area contributed by atoms with Gasteiger partial charge in [-0.05, 0) is 48.4 Å². The molecule has 0 unspecified atom stereocenters. The van der Waals surface area contributed by atoms with Gasteiger partial charge in [0.2, 0.25) is 0 Å². The highest BCUT2D eigenvalue weighted by Crippen LogP contribution is 2.35. The van der Waals surface area contributed by atoms with E-state index in [0.29, 0.717) is 33.1 Å². The van der Waals surface area contributed by atoms with Crippen molar-refractivity contribution in [1.82, 2.24) is 14.8 Å². The molecule has 0 aliphatic rings. The Balaban J connectivity index is 1.80. The Morgan fingerprint density at radius 3 is 2.28 bits per heavy atom. The van der Waals surface area contributed by atoms with Crippen molar-refractivity contribution in [3.05, 3.63) is 81.8 Å². The zero-order chi connectivity index (χ0) is 22.7. The van der Waals surface area contributed by atoms with E-state index in [1.807, 2.05) is 42.5 Å². The Kier molecular flexibility index (Phi) is 6.94. The molecular weight excluding hydrogens is 465 g/mol. The number of hydrogen-bond donors (Lipinski definition) is 0. The maximum Gasteiger partial charge on any atom is 0.196 e. The van der Waals surface area contributed by atoms with Gasteiger partial charge in [0.05, 0.1) is 19.9 Å². The zero-order valence-corrected chi connectivity index (χ0v) is 20.1. The number of aromatic nitrogens is 3. The minimum Gasteiger partial charge on any atom is -0.497 e. The molecular formula is C24H21Cl2N3O2S. The number of halogens is 2. The van der Waals surface area contributed by atoms with Gasteiger partial charge in [0.1, 0.15) is 11.5 Å². The molecule has 0 bridgehead atoms. The van der Waals surface area contributed by atoms with E-state index in [-0.39, 0.29) is 0 Å². The van der Waals surface area contributed by atoms with Gasteiger partial charge in [-0.2, -0.15) is 0 Å². The zero-order valence-electron chi connectivity index (χ0n) is 17.8. The van der Waals surface area contributed by atoms with Gasteiger partial charge in [0.15, 0.2) is 11.0 Å². The van der Waals surface area contributed by atoms with E-state index in [0.717, 1.165) is 27.5 Å². The fourth-order valence-corrected chi connectivity index (χ4v) is 4.80. The van der Waals surface area contributed by atoms with Crippen molar-refractivity contribution in [3.8, 4) is 28.6 Å². The molecule has 0 saturated heterocycles. The summed E-state index contributed by atoms with van der Waals surface area (Å²) in [5.41, 5.74) is 3.92. The smallest absolute Gasteiger partial charge is 0.196 e. The molecule has 0 atom stereocenters. The molecule has 5 nitrogen and oxygen atoms in total. The third-order valence-electron chi connectivity index (χ3n) is 4.97. The average Bonchev–Trinajstić information content (AvgIpc) is 3.22. The highest BCUT2D eigenvalue weighted by Gasteiger charge is 2.19. The third kappa shape index (κ3) is 4.72. The maximum absolute atomic E-state index is 6.38. The molecule has 8 heteroatoms. The lowest BCUT2D eigenvalue weighted by atomic mass is 10.1. The van der Waals surface area contributed by atoms with Crippen LogP contribution in [0.4, 0.5) is 0 Å². The van der Waals surface area contributed by atoms with Gasteiger partial charge in [-0.3, -0.25) is 4.57 Å². The third-order valence-corrected chi connectivity index (χ3v) is 6.54. The second kappa shape index (κ2) is 9.86. The Morgan fingerprint density at radius 2 is 1.62 bits per heavy atom. The van der Waals surface area contributed by atoms with Crippen LogP contribution in [0.2, 0.25) is 10.0 Å². The number of methoxy groups -OCH3 is 2. The number of para-hydroxylation sites is 1. The quantitative estimate of drug-likeness (QED) is 0.267. The van der Waals surface area contributed by atoms with Crippen LogP contribution in [-0.2, 0) is 5.75 Å². The van der Waals surface area contributed by atoms with Gasteiger partial charge in [0, 0.05) is 27.4 Å². The summed E-state index contributed by atoms with van der Waals surface area (Å²) in [6.45, 7) is 2.07. The number of benzene rings is 3. The van der Waals surface area contributed by atoms with Crippen LogP contribution in [0.25, 0.3) is 17.1 Å². The lowest BCUT2D eigenvalue weighted by molar-refractivity contribution is 0.394. The topological polar surface area (TPSA) is 49.2 Å². The summed E-state index contributed by atoms with van der Waals surface area (Å²) in [5.74, 6) is 2.68.